The van der Waals surface area contributed by atoms with E-state index in [0.29, 0.717) is 5.56 Å². The standard InChI is InChI=1S/C32H44BN3O10.C2H4O2/c1-5-20(2)7-6-8-21(3)9-10-22(4)36-44-14-13-34-28(38)18-35-30(39)25-15-23(19-43-32(33)42)11-12-26(25)45-29-17-24(37)16-27(46-29)31(40)41;1-2(3)4/h5,8,11-12,15,24,27,29,37H,6-7,9-10,13-14,16-19H2,1-4H3,(H,34,38)(H,35,39)(H,40,41);1H3,(H,3,4)/b20-5+,21-8+,36-22+;. The van der Waals surface area contributed by atoms with Gasteiger partial charge in [0.2, 0.25) is 25.9 Å². The Morgan fingerprint density at radius 3 is 2.36 bits per heavy atom. The number of carboxylic acids is 2. The molecule has 0 aromatic heterocycles. The maximum atomic E-state index is 13.1. The lowest BCUT2D eigenvalue weighted by Gasteiger charge is -2.31. The number of allylic oxidation sites excluding steroid dienone is 4. The van der Waals surface area contributed by atoms with E-state index >= 15 is 0 Å². The van der Waals surface area contributed by atoms with E-state index in [9.17, 15) is 29.4 Å². The lowest BCUT2D eigenvalue weighted by atomic mass is 10.0. The Morgan fingerprint density at radius 2 is 1.72 bits per heavy atom. The Morgan fingerprint density at radius 1 is 1.02 bits per heavy atom. The molecule has 1 saturated heterocycles. The fourth-order valence-corrected chi connectivity index (χ4v) is 4.26. The quantitative estimate of drug-likeness (QED) is 0.0487. The van der Waals surface area contributed by atoms with Crippen LogP contribution in [-0.4, -0.2) is 96.7 Å². The number of aliphatic hydroxyl groups is 1. The summed E-state index contributed by atoms with van der Waals surface area (Å²) in [7, 11) is 5.03. The molecule has 16 heteroatoms. The number of ether oxygens (including phenoxy) is 3. The van der Waals surface area contributed by atoms with E-state index in [1.165, 1.54) is 29.3 Å². The number of hydrogen-bond donors (Lipinski definition) is 5. The van der Waals surface area contributed by atoms with Crippen LogP contribution >= 0.6 is 0 Å². The highest BCUT2D eigenvalue weighted by Gasteiger charge is 2.34. The number of aliphatic carboxylic acids is 2. The molecule has 0 saturated carbocycles. The number of oxime groups is 1. The number of amides is 2. The summed E-state index contributed by atoms with van der Waals surface area (Å²) in [5, 5.41) is 36.0. The van der Waals surface area contributed by atoms with E-state index in [1.807, 2.05) is 13.8 Å². The van der Waals surface area contributed by atoms with Crippen LogP contribution in [0, 0.1) is 0 Å². The van der Waals surface area contributed by atoms with E-state index in [4.69, 9.17) is 36.8 Å². The van der Waals surface area contributed by atoms with Gasteiger partial charge in [0, 0.05) is 19.8 Å². The zero-order valence-electron chi connectivity index (χ0n) is 29.2. The van der Waals surface area contributed by atoms with E-state index in [2.05, 4.69) is 41.8 Å². The number of aliphatic hydroxyl groups excluding tert-OH is 1. The molecule has 1 aliphatic rings. The average molecular weight is 702 g/mol. The van der Waals surface area contributed by atoms with E-state index in [1.54, 1.807) is 0 Å². The number of carbonyl (C=O) groups excluding carboxylic acids is 3. The largest absolute Gasteiger partial charge is 0.481 e. The normalized spacial score (nSPS) is 17.8. The summed E-state index contributed by atoms with van der Waals surface area (Å²) in [5.74, 6) is -4.28. The first-order valence-electron chi connectivity index (χ1n) is 16.1. The molecule has 0 aliphatic carbocycles. The Bertz CT molecular complexity index is 1390. The maximum Gasteiger partial charge on any atom is 0.333 e. The second-order valence-electron chi connectivity index (χ2n) is 11.5. The van der Waals surface area contributed by atoms with Crippen LogP contribution in [-0.2, 0) is 35.3 Å². The predicted octanol–water partition coefficient (Wildman–Crippen LogP) is 3.62. The van der Waals surface area contributed by atoms with Gasteiger partial charge in [0.1, 0.15) is 19.0 Å². The minimum Gasteiger partial charge on any atom is -0.481 e. The van der Waals surface area contributed by atoms with Crippen molar-refractivity contribution in [2.24, 2.45) is 5.16 Å². The summed E-state index contributed by atoms with van der Waals surface area (Å²) in [6.45, 7) is 8.92. The number of benzene rings is 1. The molecule has 2 radical (unpaired) electrons. The molecule has 0 bridgehead atoms. The zero-order chi connectivity index (χ0) is 37.6. The summed E-state index contributed by atoms with van der Waals surface area (Å²) in [6, 6.07) is 4.28. The molecular weight excluding hydrogens is 653 g/mol. The summed E-state index contributed by atoms with van der Waals surface area (Å²) in [6.07, 6.45) is 4.51. The molecule has 50 heavy (non-hydrogen) atoms. The third-order valence-electron chi connectivity index (χ3n) is 7.02. The lowest BCUT2D eigenvalue weighted by Crippen LogP contribution is -2.42. The van der Waals surface area contributed by atoms with Crippen molar-refractivity contribution in [2.45, 2.75) is 98.2 Å². The van der Waals surface area contributed by atoms with Gasteiger partial charge in [-0.15, -0.1) is 0 Å². The van der Waals surface area contributed by atoms with Gasteiger partial charge < -0.3 is 45.0 Å². The van der Waals surface area contributed by atoms with Crippen LogP contribution in [0.5, 0.6) is 5.75 Å². The highest BCUT2D eigenvalue weighted by molar-refractivity contribution is 6.55. The average Bonchev–Trinajstić information content (AvgIpc) is 3.04. The highest BCUT2D eigenvalue weighted by atomic mass is 16.7. The van der Waals surface area contributed by atoms with Crippen LogP contribution in [0.2, 0.25) is 0 Å². The Balaban J connectivity index is 0.00000295. The molecular formula is C34H48BN3O12. The van der Waals surface area contributed by atoms with Crippen LogP contribution < -0.4 is 15.4 Å². The van der Waals surface area contributed by atoms with Crippen molar-refractivity contribution in [3.8, 4) is 5.75 Å². The molecule has 3 atom stereocenters. The fraction of sp³-hybridized carbons (Fsp3) is 0.529. The van der Waals surface area contributed by atoms with Crippen molar-refractivity contribution >= 4 is 43.2 Å². The number of carbonyl (C=O) groups is 5. The van der Waals surface area contributed by atoms with Crippen LogP contribution in [0.1, 0.15) is 89.1 Å². The molecule has 1 aromatic carbocycles. The highest BCUT2D eigenvalue weighted by Crippen LogP contribution is 2.27. The van der Waals surface area contributed by atoms with Gasteiger partial charge in [-0.3, -0.25) is 19.2 Å². The van der Waals surface area contributed by atoms with Crippen LogP contribution in [0.25, 0.3) is 0 Å². The summed E-state index contributed by atoms with van der Waals surface area (Å²) in [5.41, 5.74) is 3.86. The van der Waals surface area contributed by atoms with Gasteiger partial charge in [0.15, 0.2) is 6.10 Å². The first kappa shape index (κ1) is 43.3. The molecule has 1 heterocycles. The molecule has 2 amide bonds. The first-order chi connectivity index (χ1) is 23.6. The van der Waals surface area contributed by atoms with Gasteiger partial charge >= 0.3 is 5.97 Å². The first-order valence-corrected chi connectivity index (χ1v) is 16.1. The Labute approximate surface area is 293 Å². The van der Waals surface area contributed by atoms with E-state index in [-0.39, 0.29) is 50.5 Å². The Hall–Kier alpha value is -4.70. The fourth-order valence-electron chi connectivity index (χ4n) is 4.26. The SMILES string of the molecule is CC(=O)O.[B]C(=O)OCc1ccc(OC2CC(O)CC(C(=O)O)O2)c(C(=O)NCC(=O)NCCO/N=C(\C)CC/C(C)=C/CC/C(C)=C/C)c1. The molecule has 1 fully saturated rings. The van der Waals surface area contributed by atoms with Crippen LogP contribution in [0.3, 0.4) is 0 Å². The van der Waals surface area contributed by atoms with E-state index in [0.717, 1.165) is 38.3 Å². The van der Waals surface area contributed by atoms with Gasteiger partial charge in [0.05, 0.1) is 30.5 Å². The molecule has 2 rings (SSSR count). The van der Waals surface area contributed by atoms with Gasteiger partial charge in [-0.25, -0.2) is 4.79 Å². The van der Waals surface area contributed by atoms with Crippen molar-refractivity contribution < 1.29 is 58.3 Å². The van der Waals surface area contributed by atoms with Gasteiger partial charge in [0.25, 0.3) is 11.9 Å². The smallest absolute Gasteiger partial charge is 0.333 e. The molecule has 3 unspecified atom stereocenters. The third kappa shape index (κ3) is 19.3. The number of nitrogens with zero attached hydrogens (tertiary/aromatic N) is 1. The summed E-state index contributed by atoms with van der Waals surface area (Å²) >= 11 is 0. The van der Waals surface area contributed by atoms with Crippen molar-refractivity contribution in [1.82, 2.24) is 10.6 Å². The second-order valence-corrected chi connectivity index (χ2v) is 11.5. The monoisotopic (exact) mass is 701 g/mol. The molecule has 15 nitrogen and oxygen atoms in total. The topological polar surface area (TPSA) is 219 Å². The van der Waals surface area contributed by atoms with Crippen molar-refractivity contribution in [3.05, 3.63) is 52.6 Å². The third-order valence-corrected chi connectivity index (χ3v) is 7.02. The van der Waals surface area contributed by atoms with Gasteiger partial charge in [-0.05, 0) is 71.1 Å². The van der Waals surface area contributed by atoms with Gasteiger partial charge in [-0.2, -0.15) is 0 Å². The molecule has 274 valence electrons. The van der Waals surface area contributed by atoms with Crippen molar-refractivity contribution in [3.63, 3.8) is 0 Å². The van der Waals surface area contributed by atoms with Crippen LogP contribution in [0.4, 0.5) is 4.79 Å². The minimum atomic E-state index is -1.29. The number of nitrogens with one attached hydrogen (secondary N) is 2. The van der Waals surface area contributed by atoms with Crippen molar-refractivity contribution in [1.29, 1.82) is 0 Å². The minimum absolute atomic E-state index is 0.0000298. The summed E-state index contributed by atoms with van der Waals surface area (Å²) < 4.78 is 15.9. The van der Waals surface area contributed by atoms with Crippen LogP contribution in [0.15, 0.2) is 46.7 Å². The van der Waals surface area contributed by atoms with Crippen molar-refractivity contribution in [2.75, 3.05) is 19.7 Å². The molecule has 0 spiro atoms. The lowest BCUT2D eigenvalue weighted by molar-refractivity contribution is -0.195. The Kier molecular flexibility index (Phi) is 20.5. The molecule has 5 N–H and O–H groups in total. The number of hydrogen-bond acceptors (Lipinski definition) is 11. The second kappa shape index (κ2) is 23.6. The zero-order valence-corrected chi connectivity index (χ0v) is 29.2. The molecule has 1 aromatic rings. The van der Waals surface area contributed by atoms with Gasteiger partial charge in [-0.1, -0.05) is 34.5 Å². The summed E-state index contributed by atoms with van der Waals surface area (Å²) in [4.78, 5) is 62.1. The number of rotatable bonds is 18. The van der Waals surface area contributed by atoms with E-state index < -0.39 is 48.1 Å². The predicted molar refractivity (Wildman–Crippen MR) is 184 cm³/mol. The maximum absolute atomic E-state index is 13.1. The molecule has 1 aliphatic heterocycles. The number of carboxylic acid groups (broad SMARTS) is 2.